The van der Waals surface area contributed by atoms with Crippen molar-refractivity contribution in [1.29, 1.82) is 5.26 Å². The lowest BCUT2D eigenvalue weighted by Crippen LogP contribution is -2.22. The van der Waals surface area contributed by atoms with Crippen LogP contribution >= 0.6 is 0 Å². The van der Waals surface area contributed by atoms with E-state index in [0.29, 0.717) is 12.4 Å². The van der Waals surface area contributed by atoms with Crippen LogP contribution in [0.15, 0.2) is 36.8 Å². The van der Waals surface area contributed by atoms with E-state index in [1.54, 1.807) is 6.33 Å². The molecule has 1 aliphatic heterocycles. The van der Waals surface area contributed by atoms with Crippen molar-refractivity contribution in [2.24, 2.45) is 10.8 Å². The molecule has 30 heavy (non-hydrogen) atoms. The Morgan fingerprint density at radius 1 is 1.10 bits per heavy atom. The summed E-state index contributed by atoms with van der Waals surface area (Å²) in [6, 6.07) is 10.9. The monoisotopic (exact) mass is 398 g/mol. The maximum Gasteiger partial charge on any atom is 0.159 e. The second kappa shape index (κ2) is 5.19. The van der Waals surface area contributed by atoms with Gasteiger partial charge in [0.05, 0.1) is 29.3 Å². The van der Waals surface area contributed by atoms with Crippen LogP contribution in [0.1, 0.15) is 37.7 Å². The topological polar surface area (TPSA) is 90.9 Å². The Bertz CT molecular complexity index is 1250. The lowest BCUT2D eigenvalue weighted by Gasteiger charge is -2.17. The Kier molecular flexibility index (Phi) is 2.90. The van der Waals surface area contributed by atoms with Crippen LogP contribution < -0.4 is 4.90 Å². The van der Waals surface area contributed by atoms with Crippen molar-refractivity contribution < 1.29 is 5.11 Å². The van der Waals surface area contributed by atoms with Crippen LogP contribution in [0.4, 0.5) is 5.82 Å². The largest absolute Gasteiger partial charge is 0.391 e. The standard InChI is InChI=1S/C23H22N6O/c24-12-23(11-22(23)5-6-22)16-2-1-15-9-27-29(17(15)7-16)20-8-19(25-14-26-20)28-10-18(30)21(13-28)3-4-21/h1-2,7-9,14,18,30H,3-6,10-11,13H2/t18-,23+/m0/s1. The van der Waals surface area contributed by atoms with Crippen LogP contribution in [0.2, 0.25) is 0 Å². The molecule has 3 heterocycles. The molecule has 2 aromatic heterocycles. The number of anilines is 1. The molecule has 0 radical (unpaired) electrons. The summed E-state index contributed by atoms with van der Waals surface area (Å²) in [5, 5.41) is 25.9. The number of hydrogen-bond acceptors (Lipinski definition) is 6. The molecule has 4 fully saturated rings. The summed E-state index contributed by atoms with van der Waals surface area (Å²) in [5.74, 6) is 1.54. The molecule has 2 atom stereocenters. The summed E-state index contributed by atoms with van der Waals surface area (Å²) in [4.78, 5) is 11.1. The van der Waals surface area contributed by atoms with Gasteiger partial charge in [0.25, 0.3) is 0 Å². The summed E-state index contributed by atoms with van der Waals surface area (Å²) in [6.45, 7) is 1.47. The summed E-state index contributed by atoms with van der Waals surface area (Å²) >= 11 is 0. The second-order valence-corrected chi connectivity index (χ2v) is 9.80. The van der Waals surface area contributed by atoms with E-state index in [-0.39, 0.29) is 22.3 Å². The van der Waals surface area contributed by atoms with E-state index in [1.165, 1.54) is 0 Å². The SMILES string of the molecule is N#C[C@@]1(c2ccc3cnn(-c4cc(N5C[C@H](O)C6(CC6)C5)ncn4)c3c2)CC12CC2. The van der Waals surface area contributed by atoms with Crippen molar-refractivity contribution in [1.82, 2.24) is 19.7 Å². The minimum atomic E-state index is -0.322. The van der Waals surface area contributed by atoms with Gasteiger partial charge in [-0.15, -0.1) is 0 Å². The van der Waals surface area contributed by atoms with E-state index in [9.17, 15) is 10.4 Å². The van der Waals surface area contributed by atoms with Crippen molar-refractivity contribution in [3.8, 4) is 11.9 Å². The maximum absolute atomic E-state index is 10.4. The normalized spacial score (nSPS) is 29.5. The lowest BCUT2D eigenvalue weighted by molar-refractivity contribution is 0.136. The fourth-order valence-electron chi connectivity index (χ4n) is 5.72. The molecule has 0 unspecified atom stereocenters. The van der Waals surface area contributed by atoms with Crippen molar-refractivity contribution in [3.63, 3.8) is 0 Å². The van der Waals surface area contributed by atoms with Crippen LogP contribution in [-0.2, 0) is 5.41 Å². The zero-order chi connectivity index (χ0) is 20.1. The number of nitrogens with zero attached hydrogens (tertiary/aromatic N) is 6. The molecule has 1 saturated heterocycles. The summed E-state index contributed by atoms with van der Waals surface area (Å²) in [6.07, 6.45) is 8.63. The third-order valence-electron chi connectivity index (χ3n) is 8.17. The summed E-state index contributed by atoms with van der Waals surface area (Å²) in [7, 11) is 0. The molecule has 150 valence electrons. The van der Waals surface area contributed by atoms with Crippen molar-refractivity contribution in [2.45, 2.75) is 43.6 Å². The molecule has 2 spiro atoms. The summed E-state index contributed by atoms with van der Waals surface area (Å²) in [5.41, 5.74) is 2.06. The molecule has 7 nitrogen and oxygen atoms in total. The average Bonchev–Trinajstić information content (AvgIpc) is 3.72. The Balaban J connectivity index is 1.28. The molecule has 3 aliphatic carbocycles. The molecule has 7 rings (SSSR count). The van der Waals surface area contributed by atoms with Crippen molar-refractivity contribution >= 4 is 16.7 Å². The third-order valence-corrected chi connectivity index (χ3v) is 8.17. The van der Waals surface area contributed by atoms with Gasteiger partial charge in [-0.25, -0.2) is 14.6 Å². The maximum atomic E-state index is 10.4. The second-order valence-electron chi connectivity index (χ2n) is 9.80. The molecule has 1 N–H and O–H groups in total. The first kappa shape index (κ1) is 16.8. The Labute approximate surface area is 174 Å². The molecule has 7 heteroatoms. The van der Waals surface area contributed by atoms with Crippen molar-refractivity contribution in [2.75, 3.05) is 18.0 Å². The number of aliphatic hydroxyl groups excluding tert-OH is 1. The van der Waals surface area contributed by atoms with Gasteiger partial charge >= 0.3 is 0 Å². The molecule has 3 saturated carbocycles. The highest BCUT2D eigenvalue weighted by Gasteiger charge is 2.75. The smallest absolute Gasteiger partial charge is 0.159 e. The van der Waals surface area contributed by atoms with Gasteiger partial charge in [-0.1, -0.05) is 12.1 Å². The van der Waals surface area contributed by atoms with Crippen molar-refractivity contribution in [3.05, 3.63) is 42.4 Å². The first-order chi connectivity index (χ1) is 14.6. The quantitative estimate of drug-likeness (QED) is 0.730. The molecular weight excluding hydrogens is 376 g/mol. The first-order valence-electron chi connectivity index (χ1n) is 10.7. The van der Waals surface area contributed by atoms with E-state index in [2.05, 4.69) is 44.2 Å². The number of aliphatic hydroxyl groups is 1. The number of fused-ring (bicyclic) bond motifs is 1. The Morgan fingerprint density at radius 3 is 2.63 bits per heavy atom. The van der Waals surface area contributed by atoms with Gasteiger partial charge in [-0.2, -0.15) is 10.4 Å². The molecule has 0 bridgehead atoms. The van der Waals surface area contributed by atoms with E-state index in [1.807, 2.05) is 16.9 Å². The van der Waals surface area contributed by atoms with Gasteiger partial charge in [0, 0.05) is 30.0 Å². The highest BCUT2D eigenvalue weighted by atomic mass is 16.3. The predicted molar refractivity (Wildman–Crippen MR) is 110 cm³/mol. The molecular formula is C23H22N6O. The van der Waals surface area contributed by atoms with Gasteiger partial charge < -0.3 is 10.0 Å². The van der Waals surface area contributed by atoms with Crippen LogP contribution in [0, 0.1) is 22.2 Å². The average molecular weight is 398 g/mol. The molecule has 3 aromatic rings. The number of hydrogen-bond donors (Lipinski definition) is 1. The highest BCUT2D eigenvalue weighted by Crippen LogP contribution is 2.78. The minimum Gasteiger partial charge on any atom is -0.391 e. The zero-order valence-electron chi connectivity index (χ0n) is 16.6. The van der Waals surface area contributed by atoms with Crippen LogP contribution in [0.5, 0.6) is 0 Å². The minimum absolute atomic E-state index is 0.0764. The fourth-order valence-corrected chi connectivity index (χ4v) is 5.72. The highest BCUT2D eigenvalue weighted by molar-refractivity contribution is 5.82. The van der Waals surface area contributed by atoms with Gasteiger partial charge in [-0.3, -0.25) is 0 Å². The van der Waals surface area contributed by atoms with E-state index in [4.69, 9.17) is 0 Å². The summed E-state index contributed by atoms with van der Waals surface area (Å²) < 4.78 is 1.84. The first-order valence-corrected chi connectivity index (χ1v) is 10.7. The van der Waals surface area contributed by atoms with Gasteiger partial charge in [0.15, 0.2) is 5.82 Å². The number of benzene rings is 1. The third kappa shape index (κ3) is 2.04. The van der Waals surface area contributed by atoms with Gasteiger partial charge in [-0.05, 0) is 49.1 Å². The van der Waals surface area contributed by atoms with Crippen LogP contribution in [-0.4, -0.2) is 44.0 Å². The molecule has 1 aromatic carbocycles. The predicted octanol–water partition coefficient (Wildman–Crippen LogP) is 2.72. The van der Waals surface area contributed by atoms with Crippen LogP contribution in [0.3, 0.4) is 0 Å². The van der Waals surface area contributed by atoms with Gasteiger partial charge in [0.2, 0.25) is 0 Å². The fraction of sp³-hybridized carbons (Fsp3) is 0.478. The number of nitriles is 1. The van der Waals surface area contributed by atoms with E-state index < -0.39 is 0 Å². The lowest BCUT2D eigenvalue weighted by atomic mass is 9.93. The Morgan fingerprint density at radius 2 is 1.93 bits per heavy atom. The molecule has 4 aliphatic rings. The van der Waals surface area contributed by atoms with Crippen LogP contribution in [0.25, 0.3) is 16.7 Å². The van der Waals surface area contributed by atoms with E-state index in [0.717, 1.165) is 60.9 Å². The zero-order valence-corrected chi connectivity index (χ0v) is 16.6. The number of aromatic nitrogens is 4. The number of rotatable bonds is 3. The van der Waals surface area contributed by atoms with Gasteiger partial charge in [0.1, 0.15) is 12.1 Å². The van der Waals surface area contributed by atoms with E-state index >= 15 is 0 Å². The molecule has 0 amide bonds. The Hall–Kier alpha value is -2.98. The number of β-amino-alcohol motifs (C(OH)–C–C–N with tert-alkyl or cyclic N) is 1.